The zero-order valence-corrected chi connectivity index (χ0v) is 8.76. The highest BCUT2D eigenvalue weighted by Gasteiger charge is 2.33. The minimum Gasteiger partial charge on any atom is -0.480 e. The molecule has 3 atom stereocenters. The summed E-state index contributed by atoms with van der Waals surface area (Å²) in [6.07, 6.45) is -0.0239. The van der Waals surface area contributed by atoms with Crippen molar-refractivity contribution in [2.75, 3.05) is 19.8 Å². The van der Waals surface area contributed by atoms with E-state index in [1.807, 2.05) is 0 Å². The number of rotatable bonds is 5. The van der Waals surface area contributed by atoms with Crippen LogP contribution >= 0.6 is 0 Å². The molecule has 1 rings (SSSR count). The third-order valence-corrected chi connectivity index (χ3v) is 2.49. The van der Waals surface area contributed by atoms with Crippen LogP contribution in [-0.4, -0.2) is 54.0 Å². The Morgan fingerprint density at radius 1 is 1.50 bits per heavy atom. The fourth-order valence-electron chi connectivity index (χ4n) is 1.51. The van der Waals surface area contributed by atoms with E-state index in [1.165, 1.54) is 0 Å². The Hall–Kier alpha value is -1.18. The summed E-state index contributed by atoms with van der Waals surface area (Å²) in [4.78, 5) is 22.4. The van der Waals surface area contributed by atoms with Gasteiger partial charge in [-0.3, -0.25) is 4.79 Å². The van der Waals surface area contributed by atoms with E-state index in [-0.39, 0.29) is 19.6 Å². The molecule has 1 heterocycles. The summed E-state index contributed by atoms with van der Waals surface area (Å²) < 4.78 is 5.01. The summed E-state index contributed by atoms with van der Waals surface area (Å²) >= 11 is 0. The largest absolute Gasteiger partial charge is 0.480 e. The standard InChI is InChI=1S/C9H16N2O5/c10-6-4-16-3-5(6)8(13)11-7(1-2-12)9(14)15/h5-7,12H,1-4,10H2,(H,11,13)(H,14,15)/t5?,6?,7-/m1/s1. The molecule has 1 aliphatic rings. The molecule has 0 aromatic rings. The highest BCUT2D eigenvalue weighted by molar-refractivity contribution is 5.85. The molecule has 2 unspecified atom stereocenters. The Balaban J connectivity index is 2.50. The first-order valence-electron chi connectivity index (χ1n) is 5.03. The van der Waals surface area contributed by atoms with Crippen LogP contribution in [0.1, 0.15) is 6.42 Å². The Morgan fingerprint density at radius 3 is 2.62 bits per heavy atom. The van der Waals surface area contributed by atoms with E-state index in [0.29, 0.717) is 6.61 Å². The number of nitrogens with one attached hydrogen (secondary N) is 1. The molecule has 7 nitrogen and oxygen atoms in total. The van der Waals surface area contributed by atoms with Gasteiger partial charge in [0.1, 0.15) is 6.04 Å². The smallest absolute Gasteiger partial charge is 0.326 e. The van der Waals surface area contributed by atoms with Crippen molar-refractivity contribution in [3.05, 3.63) is 0 Å². The molecule has 0 spiro atoms. The monoisotopic (exact) mass is 232 g/mol. The van der Waals surface area contributed by atoms with Gasteiger partial charge in [0.15, 0.2) is 0 Å². The second-order valence-electron chi connectivity index (χ2n) is 3.72. The zero-order valence-electron chi connectivity index (χ0n) is 8.76. The van der Waals surface area contributed by atoms with E-state index in [9.17, 15) is 9.59 Å². The SMILES string of the molecule is NC1COCC1C(=O)N[C@H](CCO)C(=O)O. The van der Waals surface area contributed by atoms with Crippen LogP contribution in [0.25, 0.3) is 0 Å². The number of carboxylic acids is 1. The Bertz CT molecular complexity index is 271. The highest BCUT2D eigenvalue weighted by atomic mass is 16.5. The highest BCUT2D eigenvalue weighted by Crippen LogP contribution is 2.12. The number of carbonyl (C=O) groups excluding carboxylic acids is 1. The second kappa shape index (κ2) is 5.78. The Morgan fingerprint density at radius 2 is 2.19 bits per heavy atom. The fourth-order valence-corrected chi connectivity index (χ4v) is 1.51. The van der Waals surface area contributed by atoms with Crippen molar-refractivity contribution in [2.24, 2.45) is 11.7 Å². The lowest BCUT2D eigenvalue weighted by Gasteiger charge is -2.17. The molecule has 16 heavy (non-hydrogen) atoms. The average Bonchev–Trinajstić information content (AvgIpc) is 2.63. The molecule has 0 aliphatic carbocycles. The van der Waals surface area contributed by atoms with Gasteiger partial charge >= 0.3 is 5.97 Å². The molecule has 1 saturated heterocycles. The van der Waals surface area contributed by atoms with Crippen molar-refractivity contribution < 1.29 is 24.5 Å². The quantitative estimate of drug-likeness (QED) is 0.431. The first-order chi connectivity index (χ1) is 7.56. The lowest BCUT2D eigenvalue weighted by molar-refractivity contribution is -0.143. The topological polar surface area (TPSA) is 122 Å². The summed E-state index contributed by atoms with van der Waals surface area (Å²) in [7, 11) is 0. The van der Waals surface area contributed by atoms with Crippen molar-refractivity contribution in [1.82, 2.24) is 5.32 Å². The van der Waals surface area contributed by atoms with Gasteiger partial charge in [0, 0.05) is 19.1 Å². The molecule has 1 aliphatic heterocycles. The summed E-state index contributed by atoms with van der Waals surface area (Å²) in [5.74, 6) is -2.12. The van der Waals surface area contributed by atoms with E-state index in [2.05, 4.69) is 5.32 Å². The number of hydrogen-bond donors (Lipinski definition) is 4. The van der Waals surface area contributed by atoms with E-state index < -0.39 is 29.9 Å². The molecule has 1 fully saturated rings. The predicted octanol–water partition coefficient (Wildman–Crippen LogP) is -2.09. The summed E-state index contributed by atoms with van der Waals surface area (Å²) in [5, 5.41) is 19.8. The van der Waals surface area contributed by atoms with Gasteiger partial charge in [-0.2, -0.15) is 0 Å². The van der Waals surface area contributed by atoms with Crippen molar-refractivity contribution in [3.8, 4) is 0 Å². The maximum Gasteiger partial charge on any atom is 0.326 e. The van der Waals surface area contributed by atoms with Crippen molar-refractivity contribution in [1.29, 1.82) is 0 Å². The normalized spacial score (nSPS) is 26.4. The molecule has 1 amide bonds. The molecular weight excluding hydrogens is 216 g/mol. The van der Waals surface area contributed by atoms with Gasteiger partial charge in [0.25, 0.3) is 0 Å². The molecular formula is C9H16N2O5. The molecule has 0 aromatic heterocycles. The molecule has 5 N–H and O–H groups in total. The maximum atomic E-state index is 11.6. The van der Waals surface area contributed by atoms with Gasteiger partial charge in [-0.15, -0.1) is 0 Å². The number of aliphatic hydroxyl groups excluding tert-OH is 1. The summed E-state index contributed by atoms with van der Waals surface area (Å²) in [5.41, 5.74) is 5.62. The molecule has 0 bridgehead atoms. The van der Waals surface area contributed by atoms with Crippen LogP contribution < -0.4 is 11.1 Å². The fraction of sp³-hybridized carbons (Fsp3) is 0.778. The third kappa shape index (κ3) is 3.16. The van der Waals surface area contributed by atoms with Crippen LogP contribution in [-0.2, 0) is 14.3 Å². The average molecular weight is 232 g/mol. The van der Waals surface area contributed by atoms with E-state index in [4.69, 9.17) is 20.7 Å². The number of aliphatic hydroxyl groups is 1. The van der Waals surface area contributed by atoms with Gasteiger partial charge < -0.3 is 26.0 Å². The van der Waals surface area contributed by atoms with Crippen LogP contribution in [0.3, 0.4) is 0 Å². The molecule has 92 valence electrons. The Kier molecular flexibility index (Phi) is 4.66. The van der Waals surface area contributed by atoms with E-state index >= 15 is 0 Å². The van der Waals surface area contributed by atoms with Crippen LogP contribution in [0.15, 0.2) is 0 Å². The second-order valence-corrected chi connectivity index (χ2v) is 3.72. The van der Waals surface area contributed by atoms with Gasteiger partial charge in [-0.1, -0.05) is 0 Å². The van der Waals surface area contributed by atoms with Gasteiger partial charge in [0.05, 0.1) is 19.1 Å². The van der Waals surface area contributed by atoms with Crippen molar-refractivity contribution >= 4 is 11.9 Å². The minimum atomic E-state index is -1.17. The van der Waals surface area contributed by atoms with Crippen molar-refractivity contribution in [2.45, 2.75) is 18.5 Å². The third-order valence-electron chi connectivity index (χ3n) is 2.49. The maximum absolute atomic E-state index is 11.6. The number of aliphatic carboxylic acids is 1. The summed E-state index contributed by atoms with van der Waals surface area (Å²) in [6, 6.07) is -1.48. The first-order valence-corrected chi connectivity index (χ1v) is 5.03. The molecule has 7 heteroatoms. The van der Waals surface area contributed by atoms with Crippen molar-refractivity contribution in [3.63, 3.8) is 0 Å². The number of carbonyl (C=O) groups is 2. The number of hydrogen-bond acceptors (Lipinski definition) is 5. The van der Waals surface area contributed by atoms with E-state index in [1.54, 1.807) is 0 Å². The van der Waals surface area contributed by atoms with E-state index in [0.717, 1.165) is 0 Å². The van der Waals surface area contributed by atoms with Gasteiger partial charge in [-0.05, 0) is 0 Å². The first kappa shape index (κ1) is 12.9. The van der Waals surface area contributed by atoms with Crippen LogP contribution in [0.5, 0.6) is 0 Å². The summed E-state index contributed by atoms with van der Waals surface area (Å²) in [6.45, 7) is 0.207. The number of ether oxygens (including phenoxy) is 1. The van der Waals surface area contributed by atoms with Crippen LogP contribution in [0, 0.1) is 5.92 Å². The number of amides is 1. The van der Waals surface area contributed by atoms with Crippen LogP contribution in [0.2, 0.25) is 0 Å². The lowest BCUT2D eigenvalue weighted by Crippen LogP contribution is -2.48. The zero-order chi connectivity index (χ0) is 12.1. The molecule has 0 radical (unpaired) electrons. The Labute approximate surface area is 92.6 Å². The molecule has 0 saturated carbocycles. The number of carboxylic acid groups (broad SMARTS) is 1. The van der Waals surface area contributed by atoms with Gasteiger partial charge in [0.2, 0.25) is 5.91 Å². The van der Waals surface area contributed by atoms with Crippen LogP contribution in [0.4, 0.5) is 0 Å². The minimum absolute atomic E-state index is 0.0239. The number of nitrogens with two attached hydrogens (primary N) is 1. The molecule has 0 aromatic carbocycles. The lowest BCUT2D eigenvalue weighted by atomic mass is 10.0. The van der Waals surface area contributed by atoms with Gasteiger partial charge in [-0.25, -0.2) is 4.79 Å². The predicted molar refractivity (Wildman–Crippen MR) is 53.6 cm³/mol.